The third-order valence-corrected chi connectivity index (χ3v) is 3.67. The van der Waals surface area contributed by atoms with Crippen LogP contribution in [-0.4, -0.2) is 29.3 Å². The van der Waals surface area contributed by atoms with Gasteiger partial charge in [0.1, 0.15) is 17.2 Å². The van der Waals surface area contributed by atoms with Crippen LogP contribution < -0.4 is 4.74 Å². The summed E-state index contributed by atoms with van der Waals surface area (Å²) in [5.74, 6) is 0.552. The van der Waals surface area contributed by atoms with Crippen LogP contribution in [-0.2, 0) is 37.5 Å². The largest absolute Gasteiger partial charge is 0.479 e. The monoisotopic (exact) mass is 392 g/mol. The molecular formula is C16H16ClN2O2Y-. The molecule has 113 valence electrons. The molecule has 0 N–H and O–H groups in total. The van der Waals surface area contributed by atoms with Gasteiger partial charge in [0.15, 0.2) is 6.61 Å². The van der Waals surface area contributed by atoms with Crippen molar-refractivity contribution >= 4 is 23.2 Å². The minimum absolute atomic E-state index is 0. The van der Waals surface area contributed by atoms with Gasteiger partial charge in [-0.2, -0.15) is 5.26 Å². The minimum atomic E-state index is -0.535. The Balaban J connectivity index is 0.00000242. The number of halogens is 1. The molecule has 1 atom stereocenters. The fourth-order valence-corrected chi connectivity index (χ4v) is 2.51. The molecule has 0 bridgehead atoms. The maximum absolute atomic E-state index is 12.1. The topological polar surface area (TPSA) is 53.3 Å². The van der Waals surface area contributed by atoms with Crippen molar-refractivity contribution in [1.29, 1.82) is 5.26 Å². The van der Waals surface area contributed by atoms with E-state index >= 15 is 0 Å². The Morgan fingerprint density at radius 3 is 2.86 bits per heavy atom. The van der Waals surface area contributed by atoms with E-state index in [1.54, 1.807) is 11.0 Å². The first kappa shape index (κ1) is 19.2. The molecule has 4 nitrogen and oxygen atoms in total. The Morgan fingerprint density at radius 1 is 1.55 bits per heavy atom. The zero-order valence-electron chi connectivity index (χ0n) is 12.6. The molecule has 1 heterocycles. The van der Waals surface area contributed by atoms with Gasteiger partial charge >= 0.3 is 0 Å². The van der Waals surface area contributed by atoms with Gasteiger partial charge in [-0.25, -0.2) is 6.08 Å². The smallest absolute Gasteiger partial charge is 0.241 e. The van der Waals surface area contributed by atoms with Crippen molar-refractivity contribution in [3.63, 3.8) is 0 Å². The summed E-state index contributed by atoms with van der Waals surface area (Å²) in [5, 5.41) is 8.00. The normalized spacial score (nSPS) is 17.4. The SMILES string of the molecule is CCN1C(=O)C(Cl)C[C-]=C1c1ccc(OCC#N)cc1C.[Y]. The molecule has 0 spiro atoms. The zero-order chi connectivity index (χ0) is 15.4. The van der Waals surface area contributed by atoms with Crippen LogP contribution in [0.25, 0.3) is 5.70 Å². The van der Waals surface area contributed by atoms with Crippen molar-refractivity contribution in [2.75, 3.05) is 13.2 Å². The van der Waals surface area contributed by atoms with E-state index in [4.69, 9.17) is 21.6 Å². The van der Waals surface area contributed by atoms with Crippen LogP contribution in [0.3, 0.4) is 0 Å². The van der Waals surface area contributed by atoms with E-state index in [1.165, 1.54) is 0 Å². The van der Waals surface area contributed by atoms with Crippen LogP contribution in [0.4, 0.5) is 0 Å². The summed E-state index contributed by atoms with van der Waals surface area (Å²) >= 11 is 6.00. The van der Waals surface area contributed by atoms with Crippen LogP contribution >= 0.6 is 11.6 Å². The summed E-state index contributed by atoms with van der Waals surface area (Å²) in [5.41, 5.74) is 2.66. The van der Waals surface area contributed by atoms with Gasteiger partial charge < -0.3 is 9.64 Å². The fourth-order valence-electron chi connectivity index (χ4n) is 2.31. The van der Waals surface area contributed by atoms with Gasteiger partial charge in [-0.15, -0.1) is 34.5 Å². The second kappa shape index (κ2) is 8.67. The van der Waals surface area contributed by atoms with E-state index in [1.807, 2.05) is 32.0 Å². The minimum Gasteiger partial charge on any atom is -0.479 e. The second-order valence-corrected chi connectivity index (χ2v) is 5.23. The molecule has 1 aliphatic rings. The van der Waals surface area contributed by atoms with Crippen molar-refractivity contribution in [2.24, 2.45) is 0 Å². The number of rotatable bonds is 4. The molecular weight excluding hydrogens is 377 g/mol. The second-order valence-electron chi connectivity index (χ2n) is 4.70. The van der Waals surface area contributed by atoms with Crippen molar-refractivity contribution in [2.45, 2.75) is 25.6 Å². The Hall–Kier alpha value is -0.886. The van der Waals surface area contributed by atoms with Gasteiger partial charge in [0.25, 0.3) is 0 Å². The van der Waals surface area contributed by atoms with Gasteiger partial charge in [-0.3, -0.25) is 4.79 Å². The van der Waals surface area contributed by atoms with Gasteiger partial charge in [-0.1, -0.05) is 13.3 Å². The average molecular weight is 393 g/mol. The van der Waals surface area contributed by atoms with Crippen molar-refractivity contribution in [3.05, 3.63) is 35.4 Å². The number of hydrogen-bond donors (Lipinski definition) is 0. The standard InChI is InChI=1S/C16H16ClN2O2.Y/c1-3-19-15(7-6-14(17)16(19)20)13-5-4-12(10-11(13)2)21-9-8-18;/h4-5,10,14H,3,6,9H2,1-2H3;/q-1;. The van der Waals surface area contributed by atoms with Crippen molar-refractivity contribution < 1.29 is 42.2 Å². The quantitative estimate of drug-likeness (QED) is 0.585. The molecule has 0 saturated carbocycles. The predicted molar refractivity (Wildman–Crippen MR) is 80.6 cm³/mol. The Labute approximate surface area is 160 Å². The summed E-state index contributed by atoms with van der Waals surface area (Å²) in [6.45, 7) is 4.42. The fraction of sp³-hybridized carbons (Fsp3) is 0.375. The first-order valence-corrected chi connectivity index (χ1v) is 7.19. The van der Waals surface area contributed by atoms with E-state index < -0.39 is 5.38 Å². The van der Waals surface area contributed by atoms with Crippen LogP contribution in [0, 0.1) is 24.3 Å². The van der Waals surface area contributed by atoms with Crippen molar-refractivity contribution in [1.82, 2.24) is 4.90 Å². The molecule has 6 heteroatoms. The number of alkyl halides is 1. The maximum Gasteiger partial charge on any atom is 0.241 e. The van der Waals surface area contributed by atoms with E-state index in [0.717, 1.165) is 16.8 Å². The molecule has 0 aromatic heterocycles. The molecule has 1 radical (unpaired) electrons. The Morgan fingerprint density at radius 2 is 2.27 bits per heavy atom. The van der Waals surface area contributed by atoms with Crippen LogP contribution in [0.2, 0.25) is 0 Å². The summed E-state index contributed by atoms with van der Waals surface area (Å²) in [7, 11) is 0. The molecule has 22 heavy (non-hydrogen) atoms. The van der Waals surface area contributed by atoms with E-state index in [2.05, 4.69) is 6.08 Å². The molecule has 1 amide bonds. The van der Waals surface area contributed by atoms with Crippen LogP contribution in [0.5, 0.6) is 5.75 Å². The molecule has 1 aromatic rings. The Bertz CT molecular complexity index is 625. The number of nitrogens with zero attached hydrogens (tertiary/aromatic N) is 2. The molecule has 1 aromatic carbocycles. The summed E-state index contributed by atoms with van der Waals surface area (Å²) in [4.78, 5) is 13.8. The number of nitriles is 1. The molecule has 1 unspecified atom stereocenters. The molecule has 0 saturated heterocycles. The zero-order valence-corrected chi connectivity index (χ0v) is 16.2. The summed E-state index contributed by atoms with van der Waals surface area (Å²) in [6, 6.07) is 7.46. The first-order valence-electron chi connectivity index (χ1n) is 6.75. The number of hydrogen-bond acceptors (Lipinski definition) is 3. The molecule has 0 fully saturated rings. The van der Waals surface area contributed by atoms with Gasteiger partial charge in [0.2, 0.25) is 5.91 Å². The number of aryl methyl sites for hydroxylation is 1. The van der Waals surface area contributed by atoms with Gasteiger partial charge in [0, 0.05) is 39.3 Å². The Kier molecular flexibility index (Phi) is 7.55. The van der Waals surface area contributed by atoms with E-state index in [9.17, 15) is 4.79 Å². The number of benzene rings is 1. The number of carbonyl (C=O) groups is 1. The molecule has 0 aliphatic carbocycles. The van der Waals surface area contributed by atoms with Crippen LogP contribution in [0.15, 0.2) is 18.2 Å². The maximum atomic E-state index is 12.1. The molecule has 2 rings (SSSR count). The third-order valence-electron chi connectivity index (χ3n) is 3.33. The molecule has 1 aliphatic heterocycles. The number of amides is 1. The average Bonchev–Trinajstić information content (AvgIpc) is 2.48. The number of allylic oxidation sites excluding steroid dienone is 1. The number of ether oxygens (including phenoxy) is 1. The third kappa shape index (κ3) is 4.10. The van der Waals surface area contributed by atoms with Crippen molar-refractivity contribution in [3.8, 4) is 11.8 Å². The van der Waals surface area contributed by atoms with Crippen LogP contribution in [0.1, 0.15) is 24.5 Å². The number of carbonyl (C=O) groups excluding carboxylic acids is 1. The summed E-state index contributed by atoms with van der Waals surface area (Å²) in [6.07, 6.45) is 3.63. The first-order chi connectivity index (χ1) is 10.1. The summed E-state index contributed by atoms with van der Waals surface area (Å²) < 4.78 is 5.28. The van der Waals surface area contributed by atoms with E-state index in [0.29, 0.717) is 18.7 Å². The van der Waals surface area contributed by atoms with E-state index in [-0.39, 0.29) is 45.2 Å². The predicted octanol–water partition coefficient (Wildman–Crippen LogP) is 2.90. The van der Waals surface area contributed by atoms with Gasteiger partial charge in [-0.05, 0) is 19.1 Å². The van der Waals surface area contributed by atoms with Gasteiger partial charge in [0.05, 0.1) is 0 Å².